The third kappa shape index (κ3) is 1.75. The lowest BCUT2D eigenvalue weighted by molar-refractivity contribution is 0.511. The fourth-order valence-corrected chi connectivity index (χ4v) is 2.72. The van der Waals surface area contributed by atoms with Gasteiger partial charge in [-0.1, -0.05) is 17.4 Å². The molecule has 2 heterocycles. The summed E-state index contributed by atoms with van der Waals surface area (Å²) < 4.78 is 28.8. The highest BCUT2D eigenvalue weighted by Crippen LogP contribution is 2.26. The average molecular weight is 316 g/mol. The molecule has 0 saturated heterocycles. The third-order valence-corrected chi connectivity index (χ3v) is 3.60. The summed E-state index contributed by atoms with van der Waals surface area (Å²) in [6.07, 6.45) is 1.56. The van der Waals surface area contributed by atoms with Gasteiger partial charge in [-0.2, -0.15) is 0 Å². The number of benzene rings is 1. The van der Waals surface area contributed by atoms with E-state index < -0.39 is 11.6 Å². The van der Waals surface area contributed by atoms with Crippen LogP contribution in [0.25, 0.3) is 16.2 Å². The van der Waals surface area contributed by atoms with Crippen molar-refractivity contribution in [3.05, 3.63) is 39.9 Å². The minimum absolute atomic E-state index is 0.138. The van der Waals surface area contributed by atoms with E-state index >= 15 is 0 Å². The van der Waals surface area contributed by atoms with Gasteiger partial charge in [0.25, 0.3) is 0 Å². The topological polar surface area (TPSA) is 30.2 Å². The van der Waals surface area contributed by atoms with Crippen LogP contribution in [-0.2, 0) is 0 Å². The molecule has 0 bridgehead atoms. The number of imidazole rings is 1. The van der Waals surface area contributed by atoms with Gasteiger partial charge in [0.1, 0.15) is 0 Å². The quantitative estimate of drug-likeness (QED) is 0.688. The van der Waals surface area contributed by atoms with Crippen molar-refractivity contribution in [2.45, 2.75) is 0 Å². The van der Waals surface area contributed by atoms with Crippen LogP contribution >= 0.6 is 27.3 Å². The van der Waals surface area contributed by atoms with Gasteiger partial charge in [-0.25, -0.2) is 18.3 Å². The Morgan fingerprint density at radius 2 is 2.12 bits per heavy atom. The van der Waals surface area contributed by atoms with E-state index in [2.05, 4.69) is 26.0 Å². The second kappa shape index (κ2) is 3.85. The summed E-state index contributed by atoms with van der Waals surface area (Å²) in [6, 6.07) is 4.01. The molecule has 3 aromatic rings. The van der Waals surface area contributed by atoms with Crippen LogP contribution in [0.5, 0.6) is 0 Å². The summed E-state index contributed by atoms with van der Waals surface area (Å²) in [5.41, 5.74) is 0.507. The normalized spacial score (nSPS) is 11.2. The van der Waals surface area contributed by atoms with Crippen LogP contribution in [0.2, 0.25) is 0 Å². The van der Waals surface area contributed by atoms with Crippen molar-refractivity contribution in [2.75, 3.05) is 0 Å². The first kappa shape index (κ1) is 10.8. The zero-order chi connectivity index (χ0) is 12.0. The molecule has 2 aromatic heterocycles. The Bertz CT molecular complexity index is 675. The maximum atomic E-state index is 13.6. The van der Waals surface area contributed by atoms with Gasteiger partial charge in [-0.15, -0.1) is 5.10 Å². The van der Waals surface area contributed by atoms with E-state index in [9.17, 15) is 8.78 Å². The predicted octanol–water partition coefficient (Wildman–Crippen LogP) is 3.50. The van der Waals surface area contributed by atoms with Crippen molar-refractivity contribution < 1.29 is 8.78 Å². The summed E-state index contributed by atoms with van der Waals surface area (Å²) in [7, 11) is 0. The molecule has 0 fully saturated rings. The van der Waals surface area contributed by atoms with Gasteiger partial charge < -0.3 is 0 Å². The number of rotatable bonds is 1. The monoisotopic (exact) mass is 315 g/mol. The Hall–Kier alpha value is -1.34. The number of fused-ring (bicyclic) bond motifs is 1. The molecule has 0 saturated carbocycles. The van der Waals surface area contributed by atoms with Crippen LogP contribution in [0, 0.1) is 11.6 Å². The van der Waals surface area contributed by atoms with Gasteiger partial charge in [-0.3, -0.25) is 0 Å². The number of hydrogen-bond acceptors (Lipinski definition) is 3. The smallest absolute Gasteiger partial charge is 0.213 e. The predicted molar refractivity (Wildman–Crippen MR) is 63.9 cm³/mol. The van der Waals surface area contributed by atoms with E-state index in [0.29, 0.717) is 14.6 Å². The van der Waals surface area contributed by atoms with Gasteiger partial charge in [0.05, 0.1) is 11.9 Å². The first-order valence-electron chi connectivity index (χ1n) is 4.61. The lowest BCUT2D eigenvalue weighted by Crippen LogP contribution is -1.89. The maximum absolute atomic E-state index is 13.6. The fourth-order valence-electron chi connectivity index (χ4n) is 1.51. The van der Waals surface area contributed by atoms with Crippen molar-refractivity contribution in [1.82, 2.24) is 14.6 Å². The molecule has 0 aliphatic heterocycles. The van der Waals surface area contributed by atoms with Crippen LogP contribution in [0.4, 0.5) is 8.78 Å². The van der Waals surface area contributed by atoms with Gasteiger partial charge in [0, 0.05) is 5.56 Å². The Morgan fingerprint density at radius 1 is 1.29 bits per heavy atom. The molecule has 3 rings (SSSR count). The van der Waals surface area contributed by atoms with Crippen LogP contribution in [0.15, 0.2) is 28.3 Å². The van der Waals surface area contributed by atoms with Gasteiger partial charge in [0.15, 0.2) is 15.6 Å². The highest BCUT2D eigenvalue weighted by atomic mass is 79.9. The van der Waals surface area contributed by atoms with Crippen LogP contribution < -0.4 is 0 Å². The molecule has 7 heteroatoms. The summed E-state index contributed by atoms with van der Waals surface area (Å²) in [5, 5.41) is 4.08. The molecular formula is C10H4BrF2N3S. The van der Waals surface area contributed by atoms with Crippen molar-refractivity contribution >= 4 is 32.2 Å². The third-order valence-electron chi connectivity index (χ3n) is 2.25. The van der Waals surface area contributed by atoms with Crippen molar-refractivity contribution in [2.24, 2.45) is 0 Å². The molecule has 3 nitrogen and oxygen atoms in total. The van der Waals surface area contributed by atoms with Gasteiger partial charge >= 0.3 is 0 Å². The number of nitrogens with zero attached hydrogens (tertiary/aromatic N) is 3. The Kier molecular flexibility index (Phi) is 2.44. The van der Waals surface area contributed by atoms with Crippen molar-refractivity contribution in [3.8, 4) is 11.3 Å². The largest absolute Gasteiger partial charge is 0.217 e. The molecule has 0 amide bonds. The van der Waals surface area contributed by atoms with Crippen LogP contribution in [0.3, 0.4) is 0 Å². The summed E-state index contributed by atoms with van der Waals surface area (Å²) in [4.78, 5) is 4.81. The zero-order valence-electron chi connectivity index (χ0n) is 8.19. The molecular weight excluding hydrogens is 312 g/mol. The van der Waals surface area contributed by atoms with E-state index in [1.54, 1.807) is 6.20 Å². The summed E-state index contributed by atoms with van der Waals surface area (Å²) >= 11 is 4.54. The number of hydrogen-bond donors (Lipinski definition) is 0. The Morgan fingerprint density at radius 3 is 2.88 bits per heavy atom. The maximum Gasteiger partial charge on any atom is 0.213 e. The molecule has 17 heavy (non-hydrogen) atoms. The van der Waals surface area contributed by atoms with E-state index in [4.69, 9.17) is 0 Å². The van der Waals surface area contributed by atoms with E-state index in [1.165, 1.54) is 28.0 Å². The lowest BCUT2D eigenvalue weighted by atomic mass is 10.1. The highest BCUT2D eigenvalue weighted by Gasteiger charge is 2.14. The molecule has 0 aliphatic carbocycles. The fraction of sp³-hybridized carbons (Fsp3) is 0. The van der Waals surface area contributed by atoms with Crippen molar-refractivity contribution in [1.29, 1.82) is 0 Å². The zero-order valence-corrected chi connectivity index (χ0v) is 10.6. The molecule has 1 aromatic carbocycles. The molecule has 0 unspecified atom stereocenters. The van der Waals surface area contributed by atoms with Crippen LogP contribution in [0.1, 0.15) is 0 Å². The second-order valence-electron chi connectivity index (χ2n) is 3.31. The second-order valence-corrected chi connectivity index (χ2v) is 5.54. The van der Waals surface area contributed by atoms with Gasteiger partial charge in [-0.05, 0) is 28.1 Å². The number of halogens is 3. The van der Waals surface area contributed by atoms with Crippen molar-refractivity contribution in [3.63, 3.8) is 0 Å². The minimum Gasteiger partial charge on any atom is -0.217 e. The molecule has 0 radical (unpaired) electrons. The minimum atomic E-state index is -0.891. The SMILES string of the molecule is Fc1cccc(-c2cn3nc(Br)sc3n2)c1F. The lowest BCUT2D eigenvalue weighted by Gasteiger charge is -1.98. The molecule has 0 atom stereocenters. The first-order chi connectivity index (χ1) is 8.15. The highest BCUT2D eigenvalue weighted by molar-refractivity contribution is 9.11. The molecule has 86 valence electrons. The summed E-state index contributed by atoms with van der Waals surface area (Å²) in [5.74, 6) is -1.77. The van der Waals surface area contributed by atoms with Crippen LogP contribution in [-0.4, -0.2) is 14.6 Å². The molecule has 0 N–H and O–H groups in total. The number of aromatic nitrogens is 3. The molecule has 0 aliphatic rings. The van der Waals surface area contributed by atoms with Gasteiger partial charge in [0.2, 0.25) is 4.96 Å². The van der Waals surface area contributed by atoms with E-state index in [1.807, 2.05) is 0 Å². The van der Waals surface area contributed by atoms with E-state index in [0.717, 1.165) is 6.07 Å². The first-order valence-corrected chi connectivity index (χ1v) is 6.22. The Labute approximate surface area is 107 Å². The summed E-state index contributed by atoms with van der Waals surface area (Å²) in [6.45, 7) is 0. The standard InChI is InChI=1S/C10H4BrF2N3S/c11-9-15-16-4-7(14-10(16)17-9)5-2-1-3-6(12)8(5)13/h1-4H. The average Bonchev–Trinajstić information content (AvgIpc) is 2.79. The van der Waals surface area contributed by atoms with E-state index in [-0.39, 0.29) is 5.56 Å². The Balaban J connectivity index is 2.20. The molecule has 0 spiro atoms.